The summed E-state index contributed by atoms with van der Waals surface area (Å²) >= 11 is 0. The Balaban J connectivity index is 2.70. The van der Waals surface area contributed by atoms with Crippen LogP contribution in [-0.4, -0.2) is 4.98 Å². The van der Waals surface area contributed by atoms with Gasteiger partial charge in [-0.3, -0.25) is 0 Å². The van der Waals surface area contributed by atoms with Gasteiger partial charge in [0.25, 0.3) is 0 Å². The zero-order valence-electron chi connectivity index (χ0n) is 8.72. The number of hydrogen-bond donors (Lipinski definition) is 0. The average Bonchev–Trinajstić information content (AvgIpc) is 2.10. The van der Waals surface area contributed by atoms with Gasteiger partial charge in [-0.15, -0.1) is 0 Å². The molecule has 2 rings (SSSR count). The minimum atomic E-state index is 0.658. The molecule has 2 heterocycles. The minimum Gasteiger partial charge on any atom is -0.439 e. The normalized spacial score (nSPS) is 14.5. The third-order valence-corrected chi connectivity index (χ3v) is 2.56. The zero-order chi connectivity index (χ0) is 10.3. The molecule has 0 aromatic carbocycles. The maximum atomic E-state index is 5.46. The van der Waals surface area contributed by atoms with Crippen molar-refractivity contribution in [1.82, 2.24) is 4.98 Å². The molecule has 72 valence electrons. The van der Waals surface area contributed by atoms with Crippen molar-refractivity contribution in [1.29, 1.82) is 0 Å². The van der Waals surface area contributed by atoms with Gasteiger partial charge in [-0.05, 0) is 43.5 Å². The Labute approximate surface area is 83.9 Å². The molecule has 0 spiro atoms. The quantitative estimate of drug-likeness (QED) is 0.623. The molecule has 0 saturated carbocycles. The molecule has 0 saturated heterocycles. The predicted molar refractivity (Wildman–Crippen MR) is 57.1 cm³/mol. The summed E-state index contributed by atoms with van der Waals surface area (Å²) in [5.41, 5.74) is 4.70. The predicted octanol–water partition coefficient (Wildman–Crippen LogP) is 3.01. The van der Waals surface area contributed by atoms with Crippen molar-refractivity contribution in [3.05, 3.63) is 41.3 Å². The number of pyridine rings is 1. The van der Waals surface area contributed by atoms with Crippen LogP contribution in [0.15, 0.2) is 24.6 Å². The van der Waals surface area contributed by atoms with Gasteiger partial charge >= 0.3 is 0 Å². The van der Waals surface area contributed by atoms with Gasteiger partial charge in [-0.2, -0.15) is 0 Å². The van der Waals surface area contributed by atoms with E-state index in [1.807, 2.05) is 12.3 Å². The largest absolute Gasteiger partial charge is 0.439 e. The highest BCUT2D eigenvalue weighted by atomic mass is 16.5. The number of allylic oxidation sites excluding steroid dienone is 2. The van der Waals surface area contributed by atoms with Crippen LogP contribution >= 0.6 is 0 Å². The lowest BCUT2D eigenvalue weighted by Crippen LogP contribution is -2.05. The van der Waals surface area contributed by atoms with E-state index in [1.54, 1.807) is 0 Å². The smallest absolute Gasteiger partial charge is 0.226 e. The van der Waals surface area contributed by atoms with E-state index in [1.165, 1.54) is 16.7 Å². The van der Waals surface area contributed by atoms with Gasteiger partial charge < -0.3 is 4.74 Å². The lowest BCUT2D eigenvalue weighted by Gasteiger charge is -2.19. The van der Waals surface area contributed by atoms with E-state index in [9.17, 15) is 0 Å². The Morgan fingerprint density at radius 1 is 1.29 bits per heavy atom. The van der Waals surface area contributed by atoms with Gasteiger partial charge in [0.15, 0.2) is 0 Å². The van der Waals surface area contributed by atoms with Gasteiger partial charge in [0.1, 0.15) is 5.76 Å². The van der Waals surface area contributed by atoms with Gasteiger partial charge in [0.05, 0.1) is 0 Å². The maximum Gasteiger partial charge on any atom is 0.226 e. The van der Waals surface area contributed by atoms with Crippen LogP contribution in [0, 0.1) is 13.8 Å². The molecule has 0 aliphatic carbocycles. The van der Waals surface area contributed by atoms with Gasteiger partial charge in [0, 0.05) is 11.8 Å². The Morgan fingerprint density at radius 3 is 2.71 bits per heavy atom. The first-order valence-corrected chi connectivity index (χ1v) is 4.61. The van der Waals surface area contributed by atoms with Gasteiger partial charge in [0.2, 0.25) is 5.88 Å². The van der Waals surface area contributed by atoms with Crippen LogP contribution in [0.4, 0.5) is 0 Å². The summed E-state index contributed by atoms with van der Waals surface area (Å²) in [4.78, 5) is 4.26. The fraction of sp³-hybridized carbons (Fsp3) is 0.250. The lowest BCUT2D eigenvalue weighted by molar-refractivity contribution is 0.422. The Morgan fingerprint density at radius 2 is 2.00 bits per heavy atom. The molecule has 1 aromatic rings. The minimum absolute atomic E-state index is 0.658. The Kier molecular flexibility index (Phi) is 1.92. The van der Waals surface area contributed by atoms with E-state index in [0.29, 0.717) is 11.6 Å². The molecule has 0 amide bonds. The third kappa shape index (κ3) is 1.23. The van der Waals surface area contributed by atoms with Crippen LogP contribution in [0.25, 0.3) is 5.57 Å². The van der Waals surface area contributed by atoms with Crippen LogP contribution in [0.2, 0.25) is 0 Å². The second-order valence-corrected chi connectivity index (χ2v) is 3.64. The number of aromatic nitrogens is 1. The molecule has 0 bridgehead atoms. The molecule has 2 nitrogen and oxygen atoms in total. The summed E-state index contributed by atoms with van der Waals surface area (Å²) in [5, 5.41) is 0. The molecule has 1 aromatic heterocycles. The maximum absolute atomic E-state index is 5.46. The first-order chi connectivity index (χ1) is 6.59. The fourth-order valence-electron chi connectivity index (χ4n) is 1.68. The van der Waals surface area contributed by atoms with Crippen molar-refractivity contribution in [3.63, 3.8) is 0 Å². The number of ether oxygens (including phenoxy) is 1. The Hall–Kier alpha value is -1.57. The first kappa shape index (κ1) is 9.00. The van der Waals surface area contributed by atoms with Crippen LogP contribution in [0.5, 0.6) is 5.88 Å². The van der Waals surface area contributed by atoms with Crippen LogP contribution < -0.4 is 4.74 Å². The highest BCUT2D eigenvalue weighted by Crippen LogP contribution is 2.34. The number of hydrogen-bond acceptors (Lipinski definition) is 2. The monoisotopic (exact) mass is 187 g/mol. The van der Waals surface area contributed by atoms with Crippen molar-refractivity contribution in [2.45, 2.75) is 20.8 Å². The lowest BCUT2D eigenvalue weighted by atomic mass is 9.98. The van der Waals surface area contributed by atoms with E-state index in [4.69, 9.17) is 4.74 Å². The molecular weight excluding hydrogens is 174 g/mol. The summed E-state index contributed by atoms with van der Waals surface area (Å²) in [6, 6.07) is 0. The fourth-order valence-corrected chi connectivity index (χ4v) is 1.68. The zero-order valence-corrected chi connectivity index (χ0v) is 8.72. The van der Waals surface area contributed by atoms with E-state index in [2.05, 4.69) is 32.3 Å². The summed E-state index contributed by atoms with van der Waals surface area (Å²) < 4.78 is 5.46. The molecule has 1 aliphatic heterocycles. The van der Waals surface area contributed by atoms with Crippen molar-refractivity contribution < 1.29 is 4.74 Å². The topological polar surface area (TPSA) is 22.1 Å². The highest BCUT2D eigenvalue weighted by Gasteiger charge is 2.17. The van der Waals surface area contributed by atoms with E-state index < -0.39 is 0 Å². The first-order valence-electron chi connectivity index (χ1n) is 4.61. The van der Waals surface area contributed by atoms with Crippen molar-refractivity contribution in [2.24, 2.45) is 0 Å². The van der Waals surface area contributed by atoms with Gasteiger partial charge in [-0.1, -0.05) is 6.58 Å². The standard InChI is InChI=1S/C12H13NO/c1-7-5-9(3)14-12-11(7)10(4)8(2)6-13-12/h5-6H,3H2,1-2,4H3. The number of rotatable bonds is 0. The van der Waals surface area contributed by atoms with Crippen LogP contribution in [-0.2, 0) is 0 Å². The number of nitrogens with zero attached hydrogens (tertiary/aromatic N) is 1. The highest BCUT2D eigenvalue weighted by molar-refractivity contribution is 5.74. The molecular formula is C12H13NO. The molecule has 2 heteroatoms. The molecule has 0 radical (unpaired) electrons. The summed E-state index contributed by atoms with van der Waals surface area (Å²) in [5.74, 6) is 1.34. The van der Waals surface area contributed by atoms with Gasteiger partial charge in [-0.25, -0.2) is 4.98 Å². The third-order valence-electron chi connectivity index (χ3n) is 2.56. The SMILES string of the molecule is C=C1C=C(C)c2c(ncc(C)c2C)O1. The van der Waals surface area contributed by atoms with E-state index in [-0.39, 0.29) is 0 Å². The molecule has 0 fully saturated rings. The van der Waals surface area contributed by atoms with Crippen LogP contribution in [0.1, 0.15) is 23.6 Å². The average molecular weight is 187 g/mol. The molecule has 14 heavy (non-hydrogen) atoms. The summed E-state index contributed by atoms with van der Waals surface area (Å²) in [6.07, 6.45) is 3.77. The molecule has 0 N–H and O–H groups in total. The number of aryl methyl sites for hydroxylation is 1. The number of fused-ring (bicyclic) bond motifs is 1. The Bertz CT molecular complexity index is 444. The summed E-state index contributed by atoms with van der Waals surface area (Å²) in [7, 11) is 0. The van der Waals surface area contributed by atoms with Crippen molar-refractivity contribution in [3.8, 4) is 5.88 Å². The van der Waals surface area contributed by atoms with Crippen LogP contribution in [0.3, 0.4) is 0 Å². The second kappa shape index (κ2) is 2.98. The summed E-state index contributed by atoms with van der Waals surface area (Å²) in [6.45, 7) is 9.98. The van der Waals surface area contributed by atoms with Crippen molar-refractivity contribution in [2.75, 3.05) is 0 Å². The van der Waals surface area contributed by atoms with E-state index in [0.717, 1.165) is 5.56 Å². The second-order valence-electron chi connectivity index (χ2n) is 3.64. The van der Waals surface area contributed by atoms with Crippen molar-refractivity contribution >= 4 is 5.57 Å². The molecule has 1 aliphatic rings. The van der Waals surface area contributed by atoms with E-state index >= 15 is 0 Å². The molecule has 0 atom stereocenters. The molecule has 0 unspecified atom stereocenters.